The molecule has 33 heavy (non-hydrogen) atoms. The maximum atomic E-state index is 13.1. The summed E-state index contributed by atoms with van der Waals surface area (Å²) in [5, 5.41) is 0. The summed E-state index contributed by atoms with van der Waals surface area (Å²) in [4.78, 5) is 17.6. The third-order valence-electron chi connectivity index (χ3n) is 4.79. The van der Waals surface area contributed by atoms with E-state index in [1.54, 1.807) is 19.2 Å². The lowest BCUT2D eigenvalue weighted by atomic mass is 10.2. The molecule has 4 rings (SSSR count). The molecule has 0 atom stereocenters. The Morgan fingerprint density at radius 3 is 2.61 bits per heavy atom. The smallest absolute Gasteiger partial charge is 0.279 e. The van der Waals surface area contributed by atoms with Gasteiger partial charge >= 0.3 is 0 Å². The van der Waals surface area contributed by atoms with Crippen LogP contribution in [-0.2, 0) is 21.3 Å². The second-order valence-corrected chi connectivity index (χ2v) is 9.75. The first-order valence-corrected chi connectivity index (χ1v) is 12.2. The molecule has 3 aromatic carbocycles. The maximum Gasteiger partial charge on any atom is 0.279 e. The molecule has 4 aromatic rings. The van der Waals surface area contributed by atoms with E-state index in [4.69, 9.17) is 4.74 Å². The topological polar surface area (TPSA) is 89.8 Å². The molecule has 0 fully saturated rings. The van der Waals surface area contributed by atoms with Crippen LogP contribution in [0.2, 0.25) is 0 Å². The average Bonchev–Trinajstić information content (AvgIpc) is 3.14. The number of nitrogens with one attached hydrogen (secondary N) is 1. The van der Waals surface area contributed by atoms with Gasteiger partial charge in [0, 0.05) is 24.9 Å². The van der Waals surface area contributed by atoms with Crippen molar-refractivity contribution in [1.29, 1.82) is 0 Å². The molecule has 170 valence electrons. The molecular weight excluding hydrogens is 465 g/mol. The molecule has 0 aliphatic heterocycles. The molecule has 1 N–H and O–H groups in total. The van der Waals surface area contributed by atoms with Crippen LogP contribution in [0.5, 0.6) is 0 Å². The number of fused-ring (bicyclic) bond motifs is 1. The molecule has 1 amide bonds. The van der Waals surface area contributed by atoms with Gasteiger partial charge in [0.15, 0.2) is 4.80 Å². The highest BCUT2D eigenvalue weighted by atomic mass is 32.2. The summed E-state index contributed by atoms with van der Waals surface area (Å²) in [7, 11) is -2.33. The molecule has 1 aromatic heterocycles. The first-order valence-electron chi connectivity index (χ1n) is 9.92. The third kappa shape index (κ3) is 5.19. The number of rotatable bonds is 7. The van der Waals surface area contributed by atoms with Crippen molar-refractivity contribution in [2.45, 2.75) is 11.4 Å². The minimum absolute atomic E-state index is 0.0882. The zero-order valence-electron chi connectivity index (χ0n) is 17.6. The first-order chi connectivity index (χ1) is 15.9. The van der Waals surface area contributed by atoms with Gasteiger partial charge in [0.2, 0.25) is 0 Å². The summed E-state index contributed by atoms with van der Waals surface area (Å²) < 4.78 is 48.8. The molecule has 0 radical (unpaired) electrons. The molecule has 0 aliphatic carbocycles. The fourth-order valence-electron chi connectivity index (χ4n) is 3.20. The van der Waals surface area contributed by atoms with Crippen molar-refractivity contribution in [1.82, 2.24) is 4.57 Å². The Kier molecular flexibility index (Phi) is 6.68. The average molecular weight is 486 g/mol. The summed E-state index contributed by atoms with van der Waals surface area (Å²) in [6.07, 6.45) is 0. The number of carbonyl (C=O) groups is 1. The van der Waals surface area contributed by atoms with Crippen molar-refractivity contribution in [2.75, 3.05) is 18.4 Å². The minimum atomic E-state index is -3.94. The normalized spacial score (nSPS) is 12.2. The second-order valence-electron chi connectivity index (χ2n) is 7.05. The number of thiazole rings is 1. The van der Waals surface area contributed by atoms with Crippen LogP contribution in [0, 0.1) is 5.82 Å². The summed E-state index contributed by atoms with van der Waals surface area (Å²) in [5.41, 5.74) is 1.38. The number of halogens is 1. The molecule has 0 spiro atoms. The zero-order valence-corrected chi connectivity index (χ0v) is 19.2. The van der Waals surface area contributed by atoms with Crippen molar-refractivity contribution in [3.05, 3.63) is 89.0 Å². The van der Waals surface area contributed by atoms with Gasteiger partial charge in [-0.1, -0.05) is 29.5 Å². The van der Waals surface area contributed by atoms with Gasteiger partial charge in [-0.15, -0.1) is 0 Å². The van der Waals surface area contributed by atoms with Crippen LogP contribution in [0.15, 0.2) is 82.7 Å². The number of hydrogen-bond acceptors (Lipinski definition) is 5. The molecule has 0 saturated carbocycles. The van der Waals surface area contributed by atoms with Gasteiger partial charge in [-0.3, -0.25) is 9.52 Å². The number of carbonyl (C=O) groups excluding carboxylic acids is 1. The standard InChI is InChI=1S/C23H20FN3O4S2/c1-31-14-13-27-20-7-2-3-8-21(20)32-23(27)25-22(28)16-5-4-6-18(15-16)26-33(29,30)19-11-9-17(24)10-12-19/h2-12,15,26H,13-14H2,1H3. The fraction of sp³-hybridized carbons (Fsp3) is 0.130. The van der Waals surface area contributed by atoms with Gasteiger partial charge in [0.25, 0.3) is 15.9 Å². The zero-order chi connectivity index (χ0) is 23.4. The van der Waals surface area contributed by atoms with Crippen molar-refractivity contribution in [3.63, 3.8) is 0 Å². The number of benzene rings is 3. The number of nitrogens with zero attached hydrogens (tertiary/aromatic N) is 2. The predicted octanol–water partition coefficient (Wildman–Crippen LogP) is 4.03. The minimum Gasteiger partial charge on any atom is -0.383 e. The van der Waals surface area contributed by atoms with Crippen LogP contribution in [-0.4, -0.2) is 32.6 Å². The van der Waals surface area contributed by atoms with Crippen LogP contribution in [0.25, 0.3) is 10.2 Å². The van der Waals surface area contributed by atoms with Gasteiger partial charge in [-0.25, -0.2) is 12.8 Å². The molecular formula is C23H20FN3O4S2. The third-order valence-corrected chi connectivity index (χ3v) is 7.25. The van der Waals surface area contributed by atoms with Crippen LogP contribution >= 0.6 is 11.3 Å². The second kappa shape index (κ2) is 9.65. The van der Waals surface area contributed by atoms with Crippen LogP contribution in [0.3, 0.4) is 0 Å². The van der Waals surface area contributed by atoms with Crippen LogP contribution in [0.4, 0.5) is 10.1 Å². The quantitative estimate of drug-likeness (QED) is 0.428. The molecule has 0 aliphatic rings. The van der Waals surface area contributed by atoms with E-state index in [0.717, 1.165) is 22.3 Å². The highest BCUT2D eigenvalue weighted by Gasteiger charge is 2.15. The molecule has 10 heteroatoms. The van der Waals surface area contributed by atoms with Crippen molar-refractivity contribution in [3.8, 4) is 0 Å². The van der Waals surface area contributed by atoms with Crippen molar-refractivity contribution < 1.29 is 22.3 Å². The van der Waals surface area contributed by atoms with Gasteiger partial charge in [0.1, 0.15) is 5.82 Å². The summed E-state index contributed by atoms with van der Waals surface area (Å²) >= 11 is 1.39. The number of amides is 1. The van der Waals surface area contributed by atoms with E-state index in [0.29, 0.717) is 18.0 Å². The maximum absolute atomic E-state index is 13.1. The SMILES string of the molecule is COCCn1c(=NC(=O)c2cccc(NS(=O)(=O)c3ccc(F)cc3)c2)sc2ccccc21. The number of hydrogen-bond donors (Lipinski definition) is 1. The van der Waals surface area contributed by atoms with Gasteiger partial charge in [0.05, 0.1) is 21.7 Å². The molecule has 0 bridgehead atoms. The van der Waals surface area contributed by atoms with Gasteiger partial charge < -0.3 is 9.30 Å². The lowest BCUT2D eigenvalue weighted by molar-refractivity contribution is 0.0997. The summed E-state index contributed by atoms with van der Waals surface area (Å²) in [6, 6.07) is 18.3. The number of ether oxygens (including phenoxy) is 1. The number of aromatic nitrogens is 1. The van der Waals surface area contributed by atoms with Crippen molar-refractivity contribution >= 4 is 43.2 Å². The van der Waals surface area contributed by atoms with Gasteiger partial charge in [-0.05, 0) is 54.6 Å². The van der Waals surface area contributed by atoms with Crippen molar-refractivity contribution in [2.24, 2.45) is 4.99 Å². The highest BCUT2D eigenvalue weighted by Crippen LogP contribution is 2.19. The Hall–Kier alpha value is -3.34. The Morgan fingerprint density at radius 2 is 1.85 bits per heavy atom. The number of methoxy groups -OCH3 is 1. The Labute approximate surface area is 193 Å². The van der Waals surface area contributed by atoms with E-state index in [9.17, 15) is 17.6 Å². The molecule has 7 nitrogen and oxygen atoms in total. The Bertz CT molecular complexity index is 1480. The first kappa shape index (κ1) is 22.8. The summed E-state index contributed by atoms with van der Waals surface area (Å²) in [6.45, 7) is 0.993. The largest absolute Gasteiger partial charge is 0.383 e. The highest BCUT2D eigenvalue weighted by molar-refractivity contribution is 7.92. The van der Waals surface area contributed by atoms with E-state index in [1.165, 1.54) is 35.6 Å². The monoisotopic (exact) mass is 485 g/mol. The van der Waals surface area contributed by atoms with Gasteiger partial charge in [-0.2, -0.15) is 4.99 Å². The van der Waals surface area contributed by atoms with Crippen LogP contribution in [0.1, 0.15) is 10.4 Å². The lowest BCUT2D eigenvalue weighted by Crippen LogP contribution is -2.19. The van der Waals surface area contributed by atoms with Crippen LogP contribution < -0.4 is 9.52 Å². The van der Waals surface area contributed by atoms with E-state index >= 15 is 0 Å². The number of sulfonamides is 1. The molecule has 1 heterocycles. The fourth-order valence-corrected chi connectivity index (χ4v) is 5.30. The summed E-state index contributed by atoms with van der Waals surface area (Å²) in [5.74, 6) is -1.04. The van der Waals surface area contributed by atoms with E-state index in [1.807, 2.05) is 28.8 Å². The lowest BCUT2D eigenvalue weighted by Gasteiger charge is -2.09. The Morgan fingerprint density at radius 1 is 1.09 bits per heavy atom. The number of anilines is 1. The Balaban J connectivity index is 1.65. The molecule has 0 saturated heterocycles. The van der Waals surface area contributed by atoms with E-state index in [-0.39, 0.29) is 16.1 Å². The van der Waals surface area contributed by atoms with E-state index in [2.05, 4.69) is 9.71 Å². The molecule has 0 unspecified atom stereocenters. The predicted molar refractivity (Wildman–Crippen MR) is 125 cm³/mol. The van der Waals surface area contributed by atoms with E-state index < -0.39 is 21.7 Å². The number of para-hydroxylation sites is 1.